The second-order valence-electron chi connectivity index (χ2n) is 3.57. The molecule has 0 amide bonds. The molecule has 0 saturated heterocycles. The van der Waals surface area contributed by atoms with E-state index >= 15 is 0 Å². The number of halogens is 1. The summed E-state index contributed by atoms with van der Waals surface area (Å²) in [6.45, 7) is 0. The van der Waals surface area contributed by atoms with Crippen LogP contribution in [0, 0.1) is 0 Å². The highest BCUT2D eigenvalue weighted by molar-refractivity contribution is 7.98. The Bertz CT molecular complexity index is 574. The molecule has 5 heteroatoms. The molecule has 92 valence electrons. The van der Waals surface area contributed by atoms with E-state index in [4.69, 9.17) is 16.7 Å². The first-order valence-electron chi connectivity index (χ1n) is 5.22. The van der Waals surface area contributed by atoms with Crippen LogP contribution in [0.25, 0.3) is 0 Å². The smallest absolute Gasteiger partial charge is 0.335 e. The third-order valence-electron chi connectivity index (χ3n) is 2.31. The minimum atomic E-state index is -0.920. The molecule has 3 nitrogen and oxygen atoms in total. The molecular formula is C13H10ClNO2S. The molecule has 18 heavy (non-hydrogen) atoms. The van der Waals surface area contributed by atoms with Crippen molar-refractivity contribution in [3.8, 4) is 0 Å². The maximum absolute atomic E-state index is 10.8. The van der Waals surface area contributed by atoms with Crippen molar-refractivity contribution in [1.29, 1.82) is 0 Å². The number of aromatic nitrogens is 1. The maximum Gasteiger partial charge on any atom is 0.335 e. The van der Waals surface area contributed by atoms with Gasteiger partial charge in [-0.05, 0) is 29.8 Å². The van der Waals surface area contributed by atoms with Gasteiger partial charge in [0.05, 0.1) is 5.56 Å². The minimum Gasteiger partial charge on any atom is -0.478 e. The van der Waals surface area contributed by atoms with E-state index in [9.17, 15) is 4.79 Å². The molecule has 1 aromatic heterocycles. The summed E-state index contributed by atoms with van der Waals surface area (Å²) >= 11 is 7.49. The average Bonchev–Trinajstić information content (AvgIpc) is 2.38. The zero-order valence-electron chi connectivity index (χ0n) is 9.34. The third kappa shape index (κ3) is 3.24. The van der Waals surface area contributed by atoms with Crippen LogP contribution in [0.2, 0.25) is 5.15 Å². The van der Waals surface area contributed by atoms with Gasteiger partial charge in [-0.15, -0.1) is 11.8 Å². The van der Waals surface area contributed by atoms with Crippen molar-refractivity contribution >= 4 is 29.3 Å². The molecule has 1 heterocycles. The zero-order chi connectivity index (χ0) is 13.0. The Morgan fingerprint density at radius 3 is 2.89 bits per heavy atom. The number of hydrogen-bond donors (Lipinski definition) is 1. The molecule has 2 rings (SSSR count). The molecule has 0 atom stereocenters. The molecule has 0 bridgehead atoms. The van der Waals surface area contributed by atoms with Crippen LogP contribution in [0.1, 0.15) is 15.9 Å². The molecule has 0 aliphatic rings. The van der Waals surface area contributed by atoms with Gasteiger partial charge in [0.25, 0.3) is 0 Å². The largest absolute Gasteiger partial charge is 0.478 e. The van der Waals surface area contributed by atoms with Crippen LogP contribution in [-0.4, -0.2) is 16.1 Å². The summed E-state index contributed by atoms with van der Waals surface area (Å²) in [5.74, 6) is -0.257. The number of benzene rings is 1. The van der Waals surface area contributed by atoms with Crippen LogP contribution in [-0.2, 0) is 5.75 Å². The summed E-state index contributed by atoms with van der Waals surface area (Å²) in [6.07, 6.45) is 1.64. The first-order chi connectivity index (χ1) is 8.66. The number of hydrogen-bond acceptors (Lipinski definition) is 3. The lowest BCUT2D eigenvalue weighted by Gasteiger charge is -2.04. The summed E-state index contributed by atoms with van der Waals surface area (Å²) in [7, 11) is 0. The minimum absolute atomic E-state index is 0.289. The Hall–Kier alpha value is -1.52. The first kappa shape index (κ1) is 12.9. The SMILES string of the molecule is O=C(O)c1cccc(SCc2cccnc2Cl)c1. The first-order valence-corrected chi connectivity index (χ1v) is 6.59. The predicted octanol–water partition coefficient (Wildman–Crippen LogP) is 3.73. The van der Waals surface area contributed by atoms with Crippen molar-refractivity contribution in [1.82, 2.24) is 4.98 Å². The molecule has 1 aromatic carbocycles. The van der Waals surface area contributed by atoms with E-state index in [-0.39, 0.29) is 5.56 Å². The van der Waals surface area contributed by atoms with Crippen molar-refractivity contribution in [2.45, 2.75) is 10.6 Å². The fraction of sp³-hybridized carbons (Fsp3) is 0.0769. The highest BCUT2D eigenvalue weighted by Crippen LogP contribution is 2.26. The Labute approximate surface area is 114 Å². The lowest BCUT2D eigenvalue weighted by atomic mass is 10.2. The van der Waals surface area contributed by atoms with Crippen LogP contribution in [0.4, 0.5) is 0 Å². The normalized spacial score (nSPS) is 10.3. The van der Waals surface area contributed by atoms with Crippen molar-refractivity contribution < 1.29 is 9.90 Å². The van der Waals surface area contributed by atoms with Gasteiger partial charge >= 0.3 is 5.97 Å². The molecule has 0 aliphatic heterocycles. The van der Waals surface area contributed by atoms with Gasteiger partial charge < -0.3 is 5.11 Å². The Morgan fingerprint density at radius 2 is 2.17 bits per heavy atom. The van der Waals surface area contributed by atoms with Gasteiger partial charge in [0.1, 0.15) is 5.15 Å². The van der Waals surface area contributed by atoms with E-state index in [1.165, 1.54) is 11.8 Å². The van der Waals surface area contributed by atoms with Gasteiger partial charge in [-0.3, -0.25) is 0 Å². The molecule has 2 aromatic rings. The lowest BCUT2D eigenvalue weighted by molar-refractivity contribution is 0.0696. The standard InChI is InChI=1S/C13H10ClNO2S/c14-12-10(4-2-6-15-12)8-18-11-5-1-3-9(7-11)13(16)17/h1-7H,8H2,(H,16,17). The van der Waals surface area contributed by atoms with Crippen LogP contribution < -0.4 is 0 Å². The lowest BCUT2D eigenvalue weighted by Crippen LogP contribution is -1.95. The van der Waals surface area contributed by atoms with Crippen LogP contribution in [0.5, 0.6) is 0 Å². The van der Waals surface area contributed by atoms with Gasteiger partial charge in [-0.25, -0.2) is 9.78 Å². The zero-order valence-corrected chi connectivity index (χ0v) is 10.9. The van der Waals surface area contributed by atoms with Gasteiger partial charge in [0.15, 0.2) is 0 Å². The molecule has 0 aliphatic carbocycles. The van der Waals surface area contributed by atoms with Crippen molar-refractivity contribution in [2.75, 3.05) is 0 Å². The van der Waals surface area contributed by atoms with E-state index in [0.29, 0.717) is 10.9 Å². The molecular weight excluding hydrogens is 270 g/mol. The second-order valence-corrected chi connectivity index (χ2v) is 4.98. The van der Waals surface area contributed by atoms with Crippen molar-refractivity contribution in [3.63, 3.8) is 0 Å². The fourth-order valence-corrected chi connectivity index (χ4v) is 2.61. The number of carbonyl (C=O) groups is 1. The monoisotopic (exact) mass is 279 g/mol. The molecule has 0 radical (unpaired) electrons. The van der Waals surface area contributed by atoms with E-state index < -0.39 is 5.97 Å². The maximum atomic E-state index is 10.8. The Balaban J connectivity index is 2.09. The molecule has 0 spiro atoms. The molecule has 0 fully saturated rings. The van der Waals surface area contributed by atoms with Crippen LogP contribution in [0.3, 0.4) is 0 Å². The molecule has 1 N–H and O–H groups in total. The van der Waals surface area contributed by atoms with Crippen molar-refractivity contribution in [2.24, 2.45) is 0 Å². The number of rotatable bonds is 4. The van der Waals surface area contributed by atoms with Gasteiger partial charge in [0, 0.05) is 16.8 Å². The van der Waals surface area contributed by atoms with E-state index in [0.717, 1.165) is 10.5 Å². The summed E-state index contributed by atoms with van der Waals surface area (Å²) in [6, 6.07) is 10.6. The Kier molecular flexibility index (Phi) is 4.23. The third-order valence-corrected chi connectivity index (χ3v) is 3.69. The van der Waals surface area contributed by atoms with Gasteiger partial charge in [0.2, 0.25) is 0 Å². The fourth-order valence-electron chi connectivity index (χ4n) is 1.41. The van der Waals surface area contributed by atoms with Crippen LogP contribution in [0.15, 0.2) is 47.5 Å². The number of pyridine rings is 1. The van der Waals surface area contributed by atoms with Crippen LogP contribution >= 0.6 is 23.4 Å². The number of thioether (sulfide) groups is 1. The summed E-state index contributed by atoms with van der Waals surface area (Å²) < 4.78 is 0. The number of carboxylic acids is 1. The van der Waals surface area contributed by atoms with E-state index in [1.54, 1.807) is 24.4 Å². The van der Waals surface area contributed by atoms with Gasteiger partial charge in [-0.1, -0.05) is 23.7 Å². The van der Waals surface area contributed by atoms with Gasteiger partial charge in [-0.2, -0.15) is 0 Å². The quantitative estimate of drug-likeness (QED) is 0.684. The summed E-state index contributed by atoms with van der Waals surface area (Å²) in [4.78, 5) is 15.7. The number of aromatic carboxylic acids is 1. The summed E-state index contributed by atoms with van der Waals surface area (Å²) in [5.41, 5.74) is 1.22. The second kappa shape index (κ2) is 5.89. The topological polar surface area (TPSA) is 50.2 Å². The van der Waals surface area contributed by atoms with Crippen molar-refractivity contribution in [3.05, 3.63) is 58.9 Å². The molecule has 0 saturated carbocycles. The number of nitrogens with zero attached hydrogens (tertiary/aromatic N) is 1. The van der Waals surface area contributed by atoms with E-state index in [1.807, 2.05) is 18.2 Å². The van der Waals surface area contributed by atoms with E-state index in [2.05, 4.69) is 4.98 Å². The Morgan fingerprint density at radius 1 is 1.33 bits per heavy atom. The number of carboxylic acid groups (broad SMARTS) is 1. The average molecular weight is 280 g/mol. The summed E-state index contributed by atoms with van der Waals surface area (Å²) in [5, 5.41) is 9.38. The highest BCUT2D eigenvalue weighted by atomic mass is 35.5. The highest BCUT2D eigenvalue weighted by Gasteiger charge is 2.05. The molecule has 0 unspecified atom stereocenters. The predicted molar refractivity (Wildman–Crippen MR) is 72.2 cm³/mol.